The zero-order valence-electron chi connectivity index (χ0n) is 13.6. The Labute approximate surface area is 144 Å². The van der Waals surface area contributed by atoms with Crippen molar-refractivity contribution < 1.29 is 9.59 Å². The lowest BCUT2D eigenvalue weighted by molar-refractivity contribution is -0.141. The minimum absolute atomic E-state index is 0.116. The molecule has 5 heteroatoms. The van der Waals surface area contributed by atoms with Gasteiger partial charge >= 0.3 is 0 Å². The number of carbonyl (C=O) groups excluding carboxylic acids is 2. The largest absolute Gasteiger partial charge is 0.361 e. The first-order chi connectivity index (χ1) is 12.2. The molecular formula is C20H17N3O2. The fraction of sp³-hybridized carbons (Fsp3) is 0.350. The molecular weight excluding hydrogens is 314 g/mol. The number of nitrogens with one attached hydrogen (secondary N) is 1. The number of allylic oxidation sites excluding steroid dienone is 2. The van der Waals surface area contributed by atoms with E-state index in [0.717, 1.165) is 34.3 Å². The molecule has 0 unspecified atom stereocenters. The molecule has 1 aromatic heterocycles. The maximum atomic E-state index is 12.9. The van der Waals surface area contributed by atoms with Crippen molar-refractivity contribution in [3.05, 3.63) is 48.2 Å². The van der Waals surface area contributed by atoms with Gasteiger partial charge < -0.3 is 4.98 Å². The van der Waals surface area contributed by atoms with Crippen molar-refractivity contribution in [1.82, 2.24) is 9.99 Å². The summed E-state index contributed by atoms with van der Waals surface area (Å²) in [5.74, 6) is -0.127. The Morgan fingerprint density at radius 3 is 2.44 bits per heavy atom. The molecule has 3 fully saturated rings. The summed E-state index contributed by atoms with van der Waals surface area (Å²) in [5, 5.41) is 6.44. The first-order valence-corrected chi connectivity index (χ1v) is 8.87. The van der Waals surface area contributed by atoms with Crippen LogP contribution < -0.4 is 0 Å². The van der Waals surface area contributed by atoms with E-state index in [1.165, 1.54) is 0 Å². The lowest BCUT2D eigenvalue weighted by atomic mass is 9.85. The number of carbonyl (C=O) groups is 2. The third kappa shape index (κ3) is 1.52. The van der Waals surface area contributed by atoms with Crippen molar-refractivity contribution in [3.8, 4) is 0 Å². The molecule has 3 aliphatic carbocycles. The minimum atomic E-state index is -0.190. The second kappa shape index (κ2) is 4.28. The van der Waals surface area contributed by atoms with Gasteiger partial charge in [-0.2, -0.15) is 10.1 Å². The minimum Gasteiger partial charge on any atom is -0.361 e. The third-order valence-corrected chi connectivity index (χ3v) is 6.76. The number of aromatic nitrogens is 1. The summed E-state index contributed by atoms with van der Waals surface area (Å²) >= 11 is 0. The monoisotopic (exact) mass is 331 g/mol. The number of aromatic amines is 1. The van der Waals surface area contributed by atoms with E-state index < -0.39 is 0 Å². The quantitative estimate of drug-likeness (QED) is 0.522. The molecule has 2 aromatic rings. The van der Waals surface area contributed by atoms with Crippen molar-refractivity contribution >= 4 is 28.9 Å². The maximum Gasteiger partial charge on any atom is 0.254 e. The molecule has 1 spiro atoms. The first-order valence-electron chi connectivity index (χ1n) is 8.87. The van der Waals surface area contributed by atoms with Gasteiger partial charge in [-0.1, -0.05) is 30.4 Å². The van der Waals surface area contributed by atoms with Gasteiger partial charge in [-0.3, -0.25) is 9.59 Å². The Balaban J connectivity index is 1.34. The van der Waals surface area contributed by atoms with E-state index in [0.29, 0.717) is 0 Å². The van der Waals surface area contributed by atoms with Crippen molar-refractivity contribution in [2.45, 2.75) is 12.8 Å². The summed E-state index contributed by atoms with van der Waals surface area (Å²) in [6.45, 7) is 0. The topological polar surface area (TPSA) is 65.5 Å². The molecule has 1 aliphatic heterocycles. The van der Waals surface area contributed by atoms with Crippen molar-refractivity contribution in [2.24, 2.45) is 34.2 Å². The van der Waals surface area contributed by atoms with Gasteiger partial charge in [-0.25, -0.2) is 0 Å². The second-order valence-corrected chi connectivity index (χ2v) is 7.74. The summed E-state index contributed by atoms with van der Waals surface area (Å²) in [7, 11) is 0. The Morgan fingerprint density at radius 1 is 1.08 bits per heavy atom. The predicted octanol–water partition coefficient (Wildman–Crippen LogP) is 2.70. The maximum absolute atomic E-state index is 12.9. The third-order valence-electron chi connectivity index (χ3n) is 6.76. The summed E-state index contributed by atoms with van der Waals surface area (Å²) in [6, 6.07) is 7.91. The van der Waals surface area contributed by atoms with Crippen molar-refractivity contribution in [3.63, 3.8) is 0 Å². The molecule has 4 atom stereocenters. The van der Waals surface area contributed by atoms with Gasteiger partial charge in [0.1, 0.15) is 0 Å². The van der Waals surface area contributed by atoms with Crippen LogP contribution >= 0.6 is 0 Å². The highest BCUT2D eigenvalue weighted by atomic mass is 16.2. The molecule has 2 saturated carbocycles. The molecule has 6 rings (SSSR count). The van der Waals surface area contributed by atoms with Crippen LogP contribution in [0, 0.1) is 29.1 Å². The molecule has 25 heavy (non-hydrogen) atoms. The van der Waals surface area contributed by atoms with E-state index in [1.807, 2.05) is 30.5 Å². The van der Waals surface area contributed by atoms with Crippen LogP contribution in [0.25, 0.3) is 10.9 Å². The smallest absolute Gasteiger partial charge is 0.254 e. The number of hydrazone groups is 1. The molecule has 2 amide bonds. The van der Waals surface area contributed by atoms with Gasteiger partial charge in [0, 0.05) is 22.7 Å². The lowest BCUT2D eigenvalue weighted by Crippen LogP contribution is -2.30. The van der Waals surface area contributed by atoms with Crippen LogP contribution in [0.3, 0.4) is 0 Å². The fourth-order valence-electron chi connectivity index (χ4n) is 5.50. The van der Waals surface area contributed by atoms with E-state index in [2.05, 4.69) is 22.2 Å². The summed E-state index contributed by atoms with van der Waals surface area (Å²) in [6.07, 6.45) is 10.1. The van der Waals surface area contributed by atoms with Crippen molar-refractivity contribution in [1.29, 1.82) is 0 Å². The van der Waals surface area contributed by atoms with Gasteiger partial charge in [-0.05, 0) is 36.2 Å². The number of hydrogen-bond acceptors (Lipinski definition) is 3. The highest BCUT2D eigenvalue weighted by Crippen LogP contribution is 2.73. The second-order valence-electron chi connectivity index (χ2n) is 7.74. The van der Waals surface area contributed by atoms with Crippen molar-refractivity contribution in [2.75, 3.05) is 0 Å². The molecule has 0 radical (unpaired) electrons. The zero-order chi connectivity index (χ0) is 16.8. The number of rotatable bonds is 2. The highest BCUT2D eigenvalue weighted by Gasteiger charge is 2.73. The van der Waals surface area contributed by atoms with Gasteiger partial charge in [0.2, 0.25) is 0 Å². The number of para-hydroxylation sites is 1. The van der Waals surface area contributed by atoms with Crippen LogP contribution in [0.2, 0.25) is 0 Å². The van der Waals surface area contributed by atoms with Gasteiger partial charge in [0.25, 0.3) is 11.8 Å². The Bertz CT molecular complexity index is 963. The van der Waals surface area contributed by atoms with Crippen LogP contribution in [-0.4, -0.2) is 28.0 Å². The number of fused-ring (bicyclic) bond motifs is 4. The number of H-pyrrole nitrogens is 1. The number of hydrogen-bond donors (Lipinski definition) is 1. The van der Waals surface area contributed by atoms with E-state index in [9.17, 15) is 9.59 Å². The lowest BCUT2D eigenvalue weighted by Gasteiger charge is -2.18. The SMILES string of the molecule is O=C1[C@@H]2[C@H](C(=O)N1/N=C/c1c[nH]c3ccccc13)[C@@H]1C=C[C@H]2C12CC2. The highest BCUT2D eigenvalue weighted by molar-refractivity contribution is 6.08. The molecule has 2 heterocycles. The number of amides is 2. The summed E-state index contributed by atoms with van der Waals surface area (Å²) < 4.78 is 0. The van der Waals surface area contributed by atoms with Gasteiger partial charge in [0.15, 0.2) is 0 Å². The number of nitrogens with zero attached hydrogens (tertiary/aromatic N) is 2. The Kier molecular flexibility index (Phi) is 2.33. The van der Waals surface area contributed by atoms with Gasteiger partial charge in [-0.15, -0.1) is 0 Å². The standard InChI is InChI=1S/C20H17N3O2/c24-18-16-13-5-6-14(20(13)7-8-20)17(16)19(25)23(18)22-10-11-9-21-15-4-2-1-3-12(11)15/h1-6,9-10,13-14,16-17,21H,7-8H2/b22-10+/t13-,14+,16+,17-. The van der Waals surface area contributed by atoms with E-state index in [-0.39, 0.29) is 40.9 Å². The summed E-state index contributed by atoms with van der Waals surface area (Å²) in [5.41, 5.74) is 2.12. The molecule has 4 aliphatic rings. The zero-order valence-corrected chi connectivity index (χ0v) is 13.6. The van der Waals surface area contributed by atoms with Crippen LogP contribution in [0.15, 0.2) is 47.7 Å². The van der Waals surface area contributed by atoms with Crippen LogP contribution in [0.1, 0.15) is 18.4 Å². The molecule has 124 valence electrons. The molecule has 2 bridgehead atoms. The fourth-order valence-corrected chi connectivity index (χ4v) is 5.50. The molecule has 1 saturated heterocycles. The molecule has 1 N–H and O–H groups in total. The predicted molar refractivity (Wildman–Crippen MR) is 92.5 cm³/mol. The molecule has 1 aromatic carbocycles. The van der Waals surface area contributed by atoms with E-state index in [4.69, 9.17) is 0 Å². The first kappa shape index (κ1) is 13.6. The van der Waals surface area contributed by atoms with Gasteiger partial charge in [0.05, 0.1) is 18.1 Å². The number of imide groups is 1. The van der Waals surface area contributed by atoms with Crippen LogP contribution in [-0.2, 0) is 9.59 Å². The normalized spacial score (nSPS) is 34.2. The van der Waals surface area contributed by atoms with E-state index in [1.54, 1.807) is 6.21 Å². The van der Waals surface area contributed by atoms with Crippen LogP contribution in [0.4, 0.5) is 0 Å². The van der Waals surface area contributed by atoms with E-state index >= 15 is 0 Å². The Morgan fingerprint density at radius 2 is 1.76 bits per heavy atom. The molecule has 5 nitrogen and oxygen atoms in total. The summed E-state index contributed by atoms with van der Waals surface area (Å²) in [4.78, 5) is 28.9. The number of benzene rings is 1. The van der Waals surface area contributed by atoms with Crippen LogP contribution in [0.5, 0.6) is 0 Å². The average Bonchev–Trinajstić information content (AvgIpc) is 3.00. The average molecular weight is 331 g/mol. The Hall–Kier alpha value is -2.69.